The van der Waals surface area contributed by atoms with Crippen LogP contribution in [0.3, 0.4) is 0 Å². The number of nitrogens with one attached hydrogen (secondary N) is 1. The summed E-state index contributed by atoms with van der Waals surface area (Å²) in [5, 5.41) is 3.35. The summed E-state index contributed by atoms with van der Waals surface area (Å²) in [5.41, 5.74) is 1.34. The van der Waals surface area contributed by atoms with Crippen molar-refractivity contribution >= 4 is 0 Å². The lowest BCUT2D eigenvalue weighted by Crippen LogP contribution is -2.44. The van der Waals surface area contributed by atoms with Gasteiger partial charge in [0, 0.05) is 38.6 Å². The summed E-state index contributed by atoms with van der Waals surface area (Å²) in [5.74, 6) is 0. The number of nitrogens with zero attached hydrogens (tertiary/aromatic N) is 2. The van der Waals surface area contributed by atoms with Crippen LogP contribution in [0.2, 0.25) is 0 Å². The molecule has 0 spiro atoms. The first-order valence-corrected chi connectivity index (χ1v) is 6.24. The molecule has 1 aromatic heterocycles. The SMILES string of the molecule is CN(CCc1ccncc1)CC1CNCCO1. The van der Waals surface area contributed by atoms with Gasteiger partial charge in [0.2, 0.25) is 0 Å². The summed E-state index contributed by atoms with van der Waals surface area (Å²) in [4.78, 5) is 6.36. The number of morpholine rings is 1. The highest BCUT2D eigenvalue weighted by molar-refractivity contribution is 5.09. The molecular formula is C13H21N3O. The minimum atomic E-state index is 0.339. The van der Waals surface area contributed by atoms with E-state index in [1.165, 1.54) is 5.56 Å². The smallest absolute Gasteiger partial charge is 0.0826 e. The molecule has 0 saturated carbocycles. The summed E-state index contributed by atoms with van der Waals surface area (Å²) >= 11 is 0. The second-order valence-corrected chi connectivity index (χ2v) is 4.56. The number of hydrogen-bond acceptors (Lipinski definition) is 4. The quantitative estimate of drug-likeness (QED) is 0.808. The van der Waals surface area contributed by atoms with E-state index in [1.54, 1.807) is 0 Å². The van der Waals surface area contributed by atoms with E-state index in [4.69, 9.17) is 4.74 Å². The van der Waals surface area contributed by atoms with Crippen molar-refractivity contribution in [1.29, 1.82) is 0 Å². The van der Waals surface area contributed by atoms with Crippen LogP contribution in [0.5, 0.6) is 0 Å². The van der Waals surface area contributed by atoms with Crippen molar-refractivity contribution in [3.8, 4) is 0 Å². The third-order valence-corrected chi connectivity index (χ3v) is 3.05. The average Bonchev–Trinajstić information content (AvgIpc) is 2.39. The summed E-state index contributed by atoms with van der Waals surface area (Å²) in [6, 6.07) is 4.15. The topological polar surface area (TPSA) is 37.4 Å². The molecule has 1 aromatic rings. The molecule has 0 amide bonds. The zero-order chi connectivity index (χ0) is 11.9. The van der Waals surface area contributed by atoms with Gasteiger partial charge < -0.3 is 15.0 Å². The van der Waals surface area contributed by atoms with Crippen LogP contribution < -0.4 is 5.32 Å². The standard InChI is InChI=1S/C13H21N3O/c1-16(11-13-10-15-7-9-17-13)8-4-12-2-5-14-6-3-12/h2-3,5-6,13,15H,4,7-11H2,1H3. The molecule has 1 N–H and O–H groups in total. The third kappa shape index (κ3) is 4.42. The molecule has 2 heterocycles. The van der Waals surface area contributed by atoms with Gasteiger partial charge in [-0.3, -0.25) is 4.98 Å². The summed E-state index contributed by atoms with van der Waals surface area (Å²) in [6.45, 7) is 4.85. The lowest BCUT2D eigenvalue weighted by molar-refractivity contribution is 0.0103. The molecule has 94 valence electrons. The van der Waals surface area contributed by atoms with Gasteiger partial charge in [-0.15, -0.1) is 0 Å². The van der Waals surface area contributed by atoms with Gasteiger partial charge in [0.15, 0.2) is 0 Å². The molecule has 2 rings (SSSR count). The normalized spacial score (nSPS) is 20.7. The molecule has 0 radical (unpaired) electrons. The van der Waals surface area contributed by atoms with E-state index in [1.807, 2.05) is 12.4 Å². The van der Waals surface area contributed by atoms with Crippen molar-refractivity contribution in [3.63, 3.8) is 0 Å². The molecule has 0 aliphatic carbocycles. The highest BCUT2D eigenvalue weighted by Crippen LogP contribution is 2.02. The van der Waals surface area contributed by atoms with Crippen LogP contribution in [0.15, 0.2) is 24.5 Å². The first-order chi connectivity index (χ1) is 8.34. The van der Waals surface area contributed by atoms with Crippen LogP contribution in [0.1, 0.15) is 5.56 Å². The second kappa shape index (κ2) is 6.69. The predicted octanol–water partition coefficient (Wildman–Crippen LogP) is 0.544. The molecule has 1 aliphatic heterocycles. The van der Waals surface area contributed by atoms with Gasteiger partial charge in [0.05, 0.1) is 12.7 Å². The number of hydrogen-bond donors (Lipinski definition) is 1. The maximum absolute atomic E-state index is 5.69. The Morgan fingerprint density at radius 1 is 1.47 bits per heavy atom. The van der Waals surface area contributed by atoms with Gasteiger partial charge in [0.1, 0.15) is 0 Å². The van der Waals surface area contributed by atoms with Gasteiger partial charge in [-0.2, -0.15) is 0 Å². The predicted molar refractivity (Wildman–Crippen MR) is 68.0 cm³/mol. The highest BCUT2D eigenvalue weighted by Gasteiger charge is 2.14. The Morgan fingerprint density at radius 3 is 3.00 bits per heavy atom. The van der Waals surface area contributed by atoms with Gasteiger partial charge in [0.25, 0.3) is 0 Å². The van der Waals surface area contributed by atoms with E-state index in [2.05, 4.69) is 34.4 Å². The van der Waals surface area contributed by atoms with Gasteiger partial charge in [-0.05, 0) is 31.2 Å². The number of pyridine rings is 1. The molecule has 17 heavy (non-hydrogen) atoms. The number of ether oxygens (including phenoxy) is 1. The summed E-state index contributed by atoms with van der Waals surface area (Å²) < 4.78 is 5.69. The summed E-state index contributed by atoms with van der Waals surface area (Å²) in [7, 11) is 2.15. The van der Waals surface area contributed by atoms with Crippen LogP contribution in [0.25, 0.3) is 0 Å². The Kier molecular flexibility index (Phi) is 4.91. The van der Waals surface area contributed by atoms with Crippen LogP contribution in [0, 0.1) is 0 Å². The molecule has 0 aromatic carbocycles. The monoisotopic (exact) mass is 235 g/mol. The van der Waals surface area contributed by atoms with E-state index in [0.29, 0.717) is 6.10 Å². The zero-order valence-corrected chi connectivity index (χ0v) is 10.4. The molecule has 1 unspecified atom stereocenters. The van der Waals surface area contributed by atoms with Gasteiger partial charge >= 0.3 is 0 Å². The van der Waals surface area contributed by atoms with Crippen LogP contribution in [-0.4, -0.2) is 55.8 Å². The molecule has 1 aliphatic rings. The molecular weight excluding hydrogens is 214 g/mol. The Bertz CT molecular complexity index is 312. The lowest BCUT2D eigenvalue weighted by Gasteiger charge is -2.28. The van der Waals surface area contributed by atoms with Gasteiger partial charge in [-0.25, -0.2) is 0 Å². The maximum Gasteiger partial charge on any atom is 0.0826 e. The fraction of sp³-hybridized carbons (Fsp3) is 0.615. The molecule has 1 fully saturated rings. The maximum atomic E-state index is 5.69. The number of aromatic nitrogens is 1. The van der Waals surface area contributed by atoms with Crippen molar-refractivity contribution in [3.05, 3.63) is 30.1 Å². The molecule has 4 heteroatoms. The summed E-state index contributed by atoms with van der Waals surface area (Å²) in [6.07, 6.45) is 5.11. The Labute approximate surface area is 103 Å². The first-order valence-electron chi connectivity index (χ1n) is 6.24. The minimum Gasteiger partial charge on any atom is -0.374 e. The van der Waals surface area contributed by atoms with E-state index in [9.17, 15) is 0 Å². The van der Waals surface area contributed by atoms with Crippen LogP contribution >= 0.6 is 0 Å². The van der Waals surface area contributed by atoms with Crippen molar-refractivity contribution in [2.24, 2.45) is 0 Å². The van der Waals surface area contributed by atoms with Crippen LogP contribution in [-0.2, 0) is 11.2 Å². The van der Waals surface area contributed by atoms with E-state index >= 15 is 0 Å². The Hall–Kier alpha value is -0.970. The number of likely N-dealkylation sites (N-methyl/N-ethyl adjacent to an activating group) is 1. The van der Waals surface area contributed by atoms with Crippen molar-refractivity contribution in [2.75, 3.05) is 39.8 Å². The molecule has 4 nitrogen and oxygen atoms in total. The molecule has 1 saturated heterocycles. The highest BCUT2D eigenvalue weighted by atomic mass is 16.5. The van der Waals surface area contributed by atoms with E-state index in [-0.39, 0.29) is 0 Å². The number of rotatable bonds is 5. The second-order valence-electron chi connectivity index (χ2n) is 4.56. The zero-order valence-electron chi connectivity index (χ0n) is 10.4. The van der Waals surface area contributed by atoms with Crippen LogP contribution in [0.4, 0.5) is 0 Å². The molecule has 0 bridgehead atoms. The first kappa shape index (κ1) is 12.5. The minimum absolute atomic E-state index is 0.339. The Morgan fingerprint density at radius 2 is 2.29 bits per heavy atom. The van der Waals surface area contributed by atoms with Crippen molar-refractivity contribution in [2.45, 2.75) is 12.5 Å². The van der Waals surface area contributed by atoms with Crippen molar-refractivity contribution in [1.82, 2.24) is 15.2 Å². The largest absolute Gasteiger partial charge is 0.374 e. The lowest BCUT2D eigenvalue weighted by atomic mass is 10.2. The van der Waals surface area contributed by atoms with E-state index < -0.39 is 0 Å². The van der Waals surface area contributed by atoms with Gasteiger partial charge in [-0.1, -0.05) is 0 Å². The van der Waals surface area contributed by atoms with E-state index in [0.717, 1.165) is 39.2 Å². The third-order valence-electron chi connectivity index (χ3n) is 3.05. The average molecular weight is 235 g/mol. The fourth-order valence-electron chi connectivity index (χ4n) is 2.05. The Balaban J connectivity index is 1.68. The molecule has 1 atom stereocenters. The fourth-order valence-corrected chi connectivity index (χ4v) is 2.05. The van der Waals surface area contributed by atoms with Crippen molar-refractivity contribution < 1.29 is 4.74 Å².